The summed E-state index contributed by atoms with van der Waals surface area (Å²) in [6, 6.07) is 1.72. The molecule has 26 heavy (non-hydrogen) atoms. The molecule has 2 aliphatic heterocycles. The van der Waals surface area contributed by atoms with Crippen LogP contribution in [0.3, 0.4) is 0 Å². The molecule has 2 N–H and O–H groups in total. The molecule has 0 spiro atoms. The van der Waals surface area contributed by atoms with Gasteiger partial charge in [-0.05, 0) is 63.7 Å². The molecule has 7 unspecified atom stereocenters. The summed E-state index contributed by atoms with van der Waals surface area (Å²) in [4.78, 5) is 6.89. The largest absolute Gasteiger partial charge is 0.373 e. The van der Waals surface area contributed by atoms with E-state index < -0.39 is 0 Å². The Labute approximate surface area is 163 Å². The van der Waals surface area contributed by atoms with E-state index in [0.29, 0.717) is 35.2 Å². The molecule has 0 saturated heterocycles. The highest BCUT2D eigenvalue weighted by molar-refractivity contribution is 7.81. The molecule has 0 aromatic carbocycles. The lowest BCUT2D eigenvalue weighted by atomic mass is 9.73. The third-order valence-corrected chi connectivity index (χ3v) is 7.61. The van der Waals surface area contributed by atoms with Gasteiger partial charge in [0.05, 0.1) is 12.1 Å². The van der Waals surface area contributed by atoms with Gasteiger partial charge in [-0.15, -0.1) is 0 Å². The summed E-state index contributed by atoms with van der Waals surface area (Å²) in [7, 11) is 0. The van der Waals surface area contributed by atoms with Crippen LogP contribution in [0.1, 0.15) is 57.8 Å². The predicted octanol–water partition coefficient (Wildman–Crippen LogP) is 3.81. The van der Waals surface area contributed by atoms with Crippen molar-refractivity contribution < 1.29 is 0 Å². The van der Waals surface area contributed by atoms with Crippen LogP contribution in [0.2, 0.25) is 0 Å². The second kappa shape index (κ2) is 8.42. The SMILES string of the molecule is NC1CCC(C2N=NC3CCC(N4C=CN=CCCC4)CC32)CCC1S. The van der Waals surface area contributed by atoms with Crippen LogP contribution in [-0.2, 0) is 0 Å². The number of nitrogens with zero attached hydrogens (tertiary/aromatic N) is 4. The number of hydrogen-bond acceptors (Lipinski definition) is 6. The lowest BCUT2D eigenvalue weighted by molar-refractivity contribution is 0.145. The maximum atomic E-state index is 6.26. The van der Waals surface area contributed by atoms with E-state index >= 15 is 0 Å². The van der Waals surface area contributed by atoms with E-state index in [4.69, 9.17) is 28.6 Å². The molecule has 4 aliphatic rings. The van der Waals surface area contributed by atoms with Crippen LogP contribution in [0.25, 0.3) is 0 Å². The van der Waals surface area contributed by atoms with E-state index in [-0.39, 0.29) is 6.04 Å². The minimum Gasteiger partial charge on any atom is -0.373 e. The summed E-state index contributed by atoms with van der Waals surface area (Å²) in [6.07, 6.45) is 16.7. The number of aliphatic imine (C=N–C) groups is 1. The highest BCUT2D eigenvalue weighted by Crippen LogP contribution is 2.43. The van der Waals surface area contributed by atoms with Gasteiger partial charge in [0, 0.05) is 48.4 Å². The Morgan fingerprint density at radius 3 is 2.85 bits per heavy atom. The number of thiol groups is 1. The van der Waals surface area contributed by atoms with E-state index in [1.807, 2.05) is 12.4 Å². The lowest BCUT2D eigenvalue weighted by Crippen LogP contribution is -2.43. The van der Waals surface area contributed by atoms with Crippen LogP contribution in [0.15, 0.2) is 27.6 Å². The second-order valence-corrected chi connectivity index (χ2v) is 9.24. The minimum atomic E-state index is 0.239. The average Bonchev–Trinajstić information content (AvgIpc) is 2.96. The summed E-state index contributed by atoms with van der Waals surface area (Å²) in [5.74, 6) is 1.26. The first kappa shape index (κ1) is 18.5. The van der Waals surface area contributed by atoms with Gasteiger partial charge in [-0.3, -0.25) is 4.99 Å². The zero-order valence-corrected chi connectivity index (χ0v) is 16.6. The van der Waals surface area contributed by atoms with E-state index in [1.54, 1.807) is 0 Å². The third kappa shape index (κ3) is 4.01. The first-order valence-electron chi connectivity index (χ1n) is 10.5. The Hall–Kier alpha value is -0.880. The van der Waals surface area contributed by atoms with E-state index in [1.165, 1.54) is 38.5 Å². The van der Waals surface area contributed by atoms with Gasteiger partial charge in [-0.1, -0.05) is 0 Å². The fourth-order valence-corrected chi connectivity index (χ4v) is 5.66. The summed E-state index contributed by atoms with van der Waals surface area (Å²) < 4.78 is 0. The Kier molecular flexibility index (Phi) is 5.99. The number of azo groups is 1. The van der Waals surface area contributed by atoms with Crippen molar-refractivity contribution in [3.8, 4) is 0 Å². The van der Waals surface area contributed by atoms with Gasteiger partial charge < -0.3 is 10.6 Å². The molecule has 144 valence electrons. The molecule has 0 radical (unpaired) electrons. The highest BCUT2D eigenvalue weighted by atomic mass is 32.1. The maximum Gasteiger partial charge on any atom is 0.0786 e. The van der Waals surface area contributed by atoms with Crippen LogP contribution in [-0.4, -0.2) is 47.1 Å². The Morgan fingerprint density at radius 1 is 1.04 bits per heavy atom. The quantitative estimate of drug-likeness (QED) is 0.569. The Bertz CT molecular complexity index is 550. The van der Waals surface area contributed by atoms with Gasteiger partial charge in [0.15, 0.2) is 0 Å². The van der Waals surface area contributed by atoms with Crippen molar-refractivity contribution in [1.29, 1.82) is 0 Å². The molecule has 2 aliphatic carbocycles. The van der Waals surface area contributed by atoms with Crippen LogP contribution >= 0.6 is 12.6 Å². The van der Waals surface area contributed by atoms with Crippen LogP contribution in [0, 0.1) is 11.8 Å². The summed E-state index contributed by atoms with van der Waals surface area (Å²) in [5.41, 5.74) is 6.26. The van der Waals surface area contributed by atoms with Gasteiger partial charge in [-0.2, -0.15) is 22.9 Å². The standard InChI is InChI=1S/C20H33N5S/c21-17-6-3-14(4-8-19(17)26)20-16-13-15(5-7-18(16)23-24-20)25-11-2-1-9-22-10-12-25/h9-10,12,14-20,26H,1-8,11,13,21H2. The van der Waals surface area contributed by atoms with Gasteiger partial charge in [0.1, 0.15) is 0 Å². The Balaban J connectivity index is 1.42. The molecule has 6 heteroatoms. The predicted molar refractivity (Wildman–Crippen MR) is 110 cm³/mol. The fraction of sp³-hybridized carbons (Fsp3) is 0.850. The molecule has 2 heterocycles. The Morgan fingerprint density at radius 2 is 1.92 bits per heavy atom. The molecule has 5 nitrogen and oxygen atoms in total. The fourth-order valence-electron chi connectivity index (χ4n) is 5.36. The first-order chi connectivity index (χ1) is 12.7. The lowest BCUT2D eigenvalue weighted by Gasteiger charge is -2.40. The van der Waals surface area contributed by atoms with Crippen LogP contribution in [0.4, 0.5) is 0 Å². The summed E-state index contributed by atoms with van der Waals surface area (Å²) in [5, 5.41) is 9.87. The molecule has 2 fully saturated rings. The second-order valence-electron chi connectivity index (χ2n) is 8.58. The van der Waals surface area contributed by atoms with Gasteiger partial charge >= 0.3 is 0 Å². The third-order valence-electron chi connectivity index (χ3n) is 6.97. The van der Waals surface area contributed by atoms with Gasteiger partial charge in [-0.25, -0.2) is 0 Å². The number of fused-ring (bicyclic) bond motifs is 1. The van der Waals surface area contributed by atoms with Crippen molar-refractivity contribution in [2.75, 3.05) is 6.54 Å². The highest BCUT2D eigenvalue weighted by Gasteiger charge is 2.44. The topological polar surface area (TPSA) is 66.3 Å². The molecule has 0 aromatic rings. The maximum absolute atomic E-state index is 6.26. The van der Waals surface area contributed by atoms with E-state index in [2.05, 4.69) is 16.1 Å². The van der Waals surface area contributed by atoms with Crippen molar-refractivity contribution >= 4 is 18.8 Å². The van der Waals surface area contributed by atoms with Gasteiger partial charge in [0.2, 0.25) is 0 Å². The molecular weight excluding hydrogens is 342 g/mol. The molecule has 0 amide bonds. The van der Waals surface area contributed by atoms with Gasteiger partial charge in [0.25, 0.3) is 0 Å². The van der Waals surface area contributed by atoms with Crippen LogP contribution in [0.5, 0.6) is 0 Å². The molecule has 0 bridgehead atoms. The molecule has 4 rings (SSSR count). The smallest absolute Gasteiger partial charge is 0.0786 e. The normalized spacial score (nSPS) is 43.6. The van der Waals surface area contributed by atoms with Crippen molar-refractivity contribution in [2.24, 2.45) is 32.8 Å². The average molecular weight is 376 g/mol. The van der Waals surface area contributed by atoms with Crippen molar-refractivity contribution in [3.63, 3.8) is 0 Å². The molecule has 7 atom stereocenters. The van der Waals surface area contributed by atoms with Crippen molar-refractivity contribution in [2.45, 2.75) is 87.2 Å². The molecule has 0 aromatic heterocycles. The van der Waals surface area contributed by atoms with E-state index in [0.717, 1.165) is 25.8 Å². The summed E-state index contributed by atoms with van der Waals surface area (Å²) in [6.45, 7) is 1.14. The first-order valence-corrected chi connectivity index (χ1v) is 11.0. The monoisotopic (exact) mass is 375 g/mol. The number of rotatable bonds is 2. The zero-order valence-electron chi connectivity index (χ0n) is 15.7. The zero-order chi connectivity index (χ0) is 17.9. The van der Waals surface area contributed by atoms with Crippen molar-refractivity contribution in [3.05, 3.63) is 12.4 Å². The number of hydrogen-bond donors (Lipinski definition) is 2. The van der Waals surface area contributed by atoms with Crippen molar-refractivity contribution in [1.82, 2.24) is 4.90 Å². The van der Waals surface area contributed by atoms with E-state index in [9.17, 15) is 0 Å². The number of nitrogens with two attached hydrogens (primary N) is 1. The summed E-state index contributed by atoms with van der Waals surface area (Å²) >= 11 is 4.70. The van der Waals surface area contributed by atoms with Crippen LogP contribution < -0.4 is 5.73 Å². The molecule has 2 saturated carbocycles. The minimum absolute atomic E-state index is 0.239. The molecular formula is C20H33N5S.